The lowest BCUT2D eigenvalue weighted by atomic mass is 10.3. The quantitative estimate of drug-likeness (QED) is 0.454. The number of rotatable bonds is 13. The standard InChI is InChI=1S/C11H20N4O2S.2C5H12/c1-17-9-10-8-15(14-13-10)6-3-4-11(16)12-5-7-18-2;2*1-3-5-4-2/h8H,3-7,9H2,1-2H3,(H,12,16);2*3-5H2,1-2H3. The number of ether oxygens (including phenoxy) is 1. The number of amides is 1. The summed E-state index contributed by atoms with van der Waals surface area (Å²) in [5.41, 5.74) is 0.807. The van der Waals surface area contributed by atoms with Crippen LogP contribution in [0.25, 0.3) is 0 Å². The van der Waals surface area contributed by atoms with Crippen LogP contribution in [0.5, 0.6) is 0 Å². The van der Waals surface area contributed by atoms with Crippen molar-refractivity contribution in [3.8, 4) is 0 Å². The Morgan fingerprint density at radius 1 is 1.11 bits per heavy atom. The van der Waals surface area contributed by atoms with Crippen molar-refractivity contribution in [2.24, 2.45) is 0 Å². The first kappa shape index (κ1) is 29.1. The zero-order valence-electron chi connectivity index (χ0n) is 19.1. The summed E-state index contributed by atoms with van der Waals surface area (Å²) in [6, 6.07) is 0. The van der Waals surface area contributed by atoms with E-state index in [0.29, 0.717) is 19.6 Å². The van der Waals surface area contributed by atoms with Crippen molar-refractivity contribution < 1.29 is 9.53 Å². The molecule has 1 N–H and O–H groups in total. The second kappa shape index (κ2) is 24.0. The summed E-state index contributed by atoms with van der Waals surface area (Å²) in [5, 5.41) is 10.8. The molecule has 0 saturated carbocycles. The molecule has 0 aliphatic heterocycles. The third kappa shape index (κ3) is 21.2. The zero-order chi connectivity index (χ0) is 21.5. The zero-order valence-corrected chi connectivity index (χ0v) is 19.9. The van der Waals surface area contributed by atoms with Crippen molar-refractivity contribution in [2.45, 2.75) is 92.2 Å². The highest BCUT2D eigenvalue weighted by Crippen LogP contribution is 1.98. The lowest BCUT2D eigenvalue weighted by Crippen LogP contribution is -2.25. The van der Waals surface area contributed by atoms with Gasteiger partial charge in [0.05, 0.1) is 12.8 Å². The number of carbonyl (C=O) groups is 1. The number of hydrogen-bond donors (Lipinski definition) is 1. The first-order chi connectivity index (χ1) is 13.6. The molecule has 28 heavy (non-hydrogen) atoms. The predicted octanol–water partition coefficient (Wildman–Crippen LogP) is 5.08. The van der Waals surface area contributed by atoms with Crippen LogP contribution in [0.3, 0.4) is 0 Å². The Morgan fingerprint density at radius 3 is 2.18 bits per heavy atom. The van der Waals surface area contributed by atoms with Gasteiger partial charge in [-0.1, -0.05) is 71.4 Å². The van der Waals surface area contributed by atoms with Gasteiger partial charge in [0, 0.05) is 32.4 Å². The van der Waals surface area contributed by atoms with Gasteiger partial charge in [0.2, 0.25) is 5.91 Å². The van der Waals surface area contributed by atoms with E-state index < -0.39 is 0 Å². The molecule has 1 rings (SSSR count). The summed E-state index contributed by atoms with van der Waals surface area (Å²) >= 11 is 1.72. The van der Waals surface area contributed by atoms with E-state index in [9.17, 15) is 4.79 Å². The highest BCUT2D eigenvalue weighted by atomic mass is 32.2. The average molecular weight is 417 g/mol. The van der Waals surface area contributed by atoms with Gasteiger partial charge >= 0.3 is 0 Å². The lowest BCUT2D eigenvalue weighted by Gasteiger charge is -2.03. The third-order valence-electron chi connectivity index (χ3n) is 3.71. The van der Waals surface area contributed by atoms with Crippen LogP contribution in [0.2, 0.25) is 0 Å². The molecule has 0 spiro atoms. The van der Waals surface area contributed by atoms with Crippen LogP contribution < -0.4 is 5.32 Å². The Morgan fingerprint density at radius 2 is 1.71 bits per heavy atom. The molecule has 0 atom stereocenters. The molecule has 0 aromatic carbocycles. The summed E-state index contributed by atoms with van der Waals surface area (Å²) in [4.78, 5) is 11.4. The monoisotopic (exact) mass is 416 g/mol. The van der Waals surface area contributed by atoms with Crippen molar-refractivity contribution in [1.82, 2.24) is 20.3 Å². The summed E-state index contributed by atoms with van der Waals surface area (Å²) in [5.74, 6) is 1.05. The number of nitrogens with zero attached hydrogens (tertiary/aromatic N) is 3. The summed E-state index contributed by atoms with van der Waals surface area (Å²) in [7, 11) is 1.62. The van der Waals surface area contributed by atoms with Gasteiger partial charge in [-0.3, -0.25) is 9.48 Å². The molecule has 1 aromatic rings. The van der Waals surface area contributed by atoms with E-state index in [1.165, 1.54) is 38.5 Å². The molecule has 1 heterocycles. The van der Waals surface area contributed by atoms with Crippen molar-refractivity contribution in [2.75, 3.05) is 25.7 Å². The number of aromatic nitrogens is 3. The molecular formula is C21H44N4O2S. The van der Waals surface area contributed by atoms with Crippen LogP contribution in [-0.2, 0) is 22.7 Å². The second-order valence-electron chi connectivity index (χ2n) is 6.56. The molecule has 7 heteroatoms. The number of methoxy groups -OCH3 is 1. The molecule has 0 bridgehead atoms. The number of aryl methyl sites for hydroxylation is 1. The Kier molecular flexibility index (Phi) is 24.9. The molecule has 0 saturated heterocycles. The molecule has 1 amide bonds. The maximum Gasteiger partial charge on any atom is 0.220 e. The predicted molar refractivity (Wildman–Crippen MR) is 122 cm³/mol. The number of unbranched alkanes of at least 4 members (excludes halogenated alkanes) is 4. The fraction of sp³-hybridized carbons (Fsp3) is 0.857. The number of hydrogen-bond acceptors (Lipinski definition) is 5. The largest absolute Gasteiger partial charge is 0.378 e. The summed E-state index contributed by atoms with van der Waals surface area (Å²) in [6.45, 7) is 10.8. The average Bonchev–Trinajstić information content (AvgIpc) is 3.12. The summed E-state index contributed by atoms with van der Waals surface area (Å²) < 4.78 is 6.70. The normalized spacial score (nSPS) is 9.79. The van der Waals surface area contributed by atoms with E-state index in [-0.39, 0.29) is 5.91 Å². The fourth-order valence-corrected chi connectivity index (χ4v) is 2.46. The van der Waals surface area contributed by atoms with Gasteiger partial charge in [-0.15, -0.1) is 5.10 Å². The molecule has 166 valence electrons. The topological polar surface area (TPSA) is 69.0 Å². The van der Waals surface area contributed by atoms with Crippen molar-refractivity contribution in [1.29, 1.82) is 0 Å². The Balaban J connectivity index is 0. The van der Waals surface area contributed by atoms with Crippen LogP contribution in [0.15, 0.2) is 6.20 Å². The van der Waals surface area contributed by atoms with Gasteiger partial charge in [-0.2, -0.15) is 11.8 Å². The fourth-order valence-electron chi connectivity index (χ4n) is 2.15. The molecule has 1 aromatic heterocycles. The Bertz CT molecular complexity index is 432. The molecule has 0 fully saturated rings. The van der Waals surface area contributed by atoms with Gasteiger partial charge in [0.25, 0.3) is 0 Å². The van der Waals surface area contributed by atoms with E-state index in [4.69, 9.17) is 4.74 Å². The maximum absolute atomic E-state index is 11.4. The molecule has 0 aliphatic carbocycles. The van der Waals surface area contributed by atoms with E-state index in [1.807, 2.05) is 12.5 Å². The lowest BCUT2D eigenvalue weighted by molar-refractivity contribution is -0.121. The van der Waals surface area contributed by atoms with E-state index in [1.54, 1.807) is 23.6 Å². The van der Waals surface area contributed by atoms with Crippen LogP contribution >= 0.6 is 11.8 Å². The van der Waals surface area contributed by atoms with Crippen molar-refractivity contribution in [3.05, 3.63) is 11.9 Å². The minimum atomic E-state index is 0.0984. The van der Waals surface area contributed by atoms with Crippen molar-refractivity contribution in [3.63, 3.8) is 0 Å². The van der Waals surface area contributed by atoms with Gasteiger partial charge < -0.3 is 10.1 Å². The maximum atomic E-state index is 11.4. The van der Waals surface area contributed by atoms with Crippen LogP contribution in [0.1, 0.15) is 84.8 Å². The van der Waals surface area contributed by atoms with Crippen LogP contribution in [0.4, 0.5) is 0 Å². The SMILES string of the molecule is CCCCC.CCCCC.COCc1cn(CCCC(=O)NCCSC)nn1. The van der Waals surface area contributed by atoms with Gasteiger partial charge in [0.1, 0.15) is 5.69 Å². The highest BCUT2D eigenvalue weighted by molar-refractivity contribution is 7.98. The minimum Gasteiger partial charge on any atom is -0.378 e. The van der Waals surface area contributed by atoms with Gasteiger partial charge in [0.15, 0.2) is 0 Å². The molecule has 0 aliphatic rings. The number of nitrogens with one attached hydrogen (secondary N) is 1. The van der Waals surface area contributed by atoms with Crippen LogP contribution in [0, 0.1) is 0 Å². The van der Waals surface area contributed by atoms with E-state index >= 15 is 0 Å². The minimum absolute atomic E-state index is 0.0984. The number of carbonyl (C=O) groups excluding carboxylic acids is 1. The third-order valence-corrected chi connectivity index (χ3v) is 4.32. The van der Waals surface area contributed by atoms with Gasteiger partial charge in [-0.25, -0.2) is 0 Å². The first-order valence-corrected chi connectivity index (χ1v) is 12.1. The van der Waals surface area contributed by atoms with Crippen molar-refractivity contribution >= 4 is 17.7 Å². The van der Waals surface area contributed by atoms with Crippen LogP contribution in [-0.4, -0.2) is 46.6 Å². The first-order valence-electron chi connectivity index (χ1n) is 10.7. The molecular weight excluding hydrogens is 372 g/mol. The highest BCUT2D eigenvalue weighted by Gasteiger charge is 2.03. The Labute approximate surface area is 177 Å². The van der Waals surface area contributed by atoms with Gasteiger partial charge in [-0.05, 0) is 12.7 Å². The molecule has 6 nitrogen and oxygen atoms in total. The summed E-state index contributed by atoms with van der Waals surface area (Å²) in [6.07, 6.45) is 13.3. The molecule has 0 radical (unpaired) electrons. The molecule has 0 unspecified atom stereocenters. The Hall–Kier alpha value is -1.08. The smallest absolute Gasteiger partial charge is 0.220 e. The second-order valence-corrected chi connectivity index (χ2v) is 7.54. The van der Waals surface area contributed by atoms with E-state index in [0.717, 1.165) is 24.4 Å². The van der Waals surface area contributed by atoms with E-state index in [2.05, 4.69) is 43.3 Å². The number of thioether (sulfide) groups is 1.